The average molecular weight is 451 g/mol. The summed E-state index contributed by atoms with van der Waals surface area (Å²) >= 11 is 0. The fraction of sp³-hybridized carbons (Fsp3) is 0.500. The average Bonchev–Trinajstić information content (AvgIpc) is 3.24. The quantitative estimate of drug-likeness (QED) is 0.494. The molecule has 4 rings (SSSR count). The minimum Gasteiger partial charge on any atom is -0.490 e. The molecule has 1 aliphatic rings. The minimum atomic E-state index is 0.0424. The monoisotopic (exact) mass is 450 g/mol. The number of piperidine rings is 1. The van der Waals surface area contributed by atoms with E-state index in [-0.39, 0.29) is 24.0 Å². The number of hydrogen-bond donors (Lipinski definition) is 0. The highest BCUT2D eigenvalue weighted by Crippen LogP contribution is 2.30. The normalized spacial score (nSPS) is 14.9. The van der Waals surface area contributed by atoms with Crippen molar-refractivity contribution in [3.05, 3.63) is 47.8 Å². The zero-order valence-corrected chi connectivity index (χ0v) is 20.2. The van der Waals surface area contributed by atoms with E-state index in [9.17, 15) is 4.79 Å². The van der Waals surface area contributed by atoms with Crippen molar-refractivity contribution in [2.45, 2.75) is 65.5 Å². The van der Waals surface area contributed by atoms with E-state index in [0.717, 1.165) is 41.1 Å². The van der Waals surface area contributed by atoms with Crippen molar-refractivity contribution >= 4 is 16.9 Å². The zero-order valence-electron chi connectivity index (χ0n) is 20.2. The molecule has 0 saturated carbocycles. The van der Waals surface area contributed by atoms with Crippen LogP contribution in [0.2, 0.25) is 0 Å². The second-order valence-electron chi connectivity index (χ2n) is 9.16. The molecule has 3 heterocycles. The molecular weight excluding hydrogens is 416 g/mol. The van der Waals surface area contributed by atoms with Crippen LogP contribution in [0.25, 0.3) is 11.0 Å². The highest BCUT2D eigenvalue weighted by atomic mass is 16.5. The Balaban J connectivity index is 1.51. The van der Waals surface area contributed by atoms with Gasteiger partial charge in [-0.05, 0) is 44.9 Å². The molecule has 2 aromatic heterocycles. The molecule has 1 aromatic carbocycles. The summed E-state index contributed by atoms with van der Waals surface area (Å²) in [7, 11) is 0. The van der Waals surface area contributed by atoms with Crippen molar-refractivity contribution in [1.82, 2.24) is 19.7 Å². The van der Waals surface area contributed by atoms with Crippen molar-refractivity contribution in [3.8, 4) is 11.5 Å². The lowest BCUT2D eigenvalue weighted by atomic mass is 10.0. The standard InChI is InChI=1S/C26H34N4O3/c1-6-32-23-9-7-8-10-24(23)33-19-11-13-29(14-12-19)26(31)20-15-22(17(2)3)28-25-21(20)16-27-30(25)18(4)5/h7-10,15-19H,6,11-14H2,1-5H3. The largest absolute Gasteiger partial charge is 0.490 e. The molecule has 0 N–H and O–H groups in total. The fourth-order valence-corrected chi connectivity index (χ4v) is 4.24. The topological polar surface area (TPSA) is 69.5 Å². The molecule has 7 heteroatoms. The number of fused-ring (bicyclic) bond motifs is 1. The van der Waals surface area contributed by atoms with Gasteiger partial charge in [0.1, 0.15) is 6.10 Å². The van der Waals surface area contributed by atoms with Crippen molar-refractivity contribution in [1.29, 1.82) is 0 Å². The summed E-state index contributed by atoms with van der Waals surface area (Å²) in [5.74, 6) is 1.80. The number of carbonyl (C=O) groups is 1. The third-order valence-corrected chi connectivity index (χ3v) is 6.07. The van der Waals surface area contributed by atoms with Gasteiger partial charge in [0.25, 0.3) is 5.91 Å². The molecule has 0 aliphatic carbocycles. The number of para-hydroxylation sites is 2. The number of ether oxygens (including phenoxy) is 2. The van der Waals surface area contributed by atoms with E-state index in [0.29, 0.717) is 25.3 Å². The van der Waals surface area contributed by atoms with Crippen LogP contribution < -0.4 is 9.47 Å². The molecule has 0 bridgehead atoms. The summed E-state index contributed by atoms with van der Waals surface area (Å²) in [5.41, 5.74) is 2.39. The Kier molecular flexibility index (Phi) is 6.86. The summed E-state index contributed by atoms with van der Waals surface area (Å²) in [4.78, 5) is 20.3. The molecule has 0 unspecified atom stereocenters. The van der Waals surface area contributed by atoms with Gasteiger partial charge in [-0.15, -0.1) is 0 Å². The predicted molar refractivity (Wildman–Crippen MR) is 129 cm³/mol. The Morgan fingerprint density at radius 3 is 2.45 bits per heavy atom. The molecule has 1 saturated heterocycles. The van der Waals surface area contributed by atoms with Gasteiger partial charge in [0.15, 0.2) is 17.1 Å². The van der Waals surface area contributed by atoms with Crippen LogP contribution in [0, 0.1) is 0 Å². The Bertz CT molecular complexity index is 1110. The van der Waals surface area contributed by atoms with E-state index in [1.165, 1.54) is 0 Å². The Hall–Kier alpha value is -3.09. The SMILES string of the molecule is CCOc1ccccc1OC1CCN(C(=O)c2cc(C(C)C)nc3c2cnn3C(C)C)CC1. The number of aromatic nitrogens is 3. The van der Waals surface area contributed by atoms with Crippen LogP contribution >= 0.6 is 0 Å². The summed E-state index contributed by atoms with van der Waals surface area (Å²) in [6.45, 7) is 12.2. The van der Waals surface area contributed by atoms with Gasteiger partial charge in [-0.25, -0.2) is 9.67 Å². The molecule has 176 valence electrons. The van der Waals surface area contributed by atoms with E-state index in [4.69, 9.17) is 14.5 Å². The lowest BCUT2D eigenvalue weighted by Gasteiger charge is -2.32. The van der Waals surface area contributed by atoms with Crippen LogP contribution in [0.4, 0.5) is 0 Å². The van der Waals surface area contributed by atoms with Crippen LogP contribution in [0.5, 0.6) is 11.5 Å². The summed E-state index contributed by atoms with van der Waals surface area (Å²) < 4.78 is 13.8. The van der Waals surface area contributed by atoms with Gasteiger partial charge in [0.05, 0.1) is 23.8 Å². The van der Waals surface area contributed by atoms with Gasteiger partial charge in [0.2, 0.25) is 0 Å². The molecule has 3 aromatic rings. The van der Waals surface area contributed by atoms with E-state index in [1.807, 2.05) is 46.8 Å². The first-order valence-corrected chi connectivity index (χ1v) is 11.9. The molecular formula is C26H34N4O3. The maximum Gasteiger partial charge on any atom is 0.254 e. The second kappa shape index (κ2) is 9.81. The van der Waals surface area contributed by atoms with Crippen molar-refractivity contribution in [2.24, 2.45) is 0 Å². The summed E-state index contributed by atoms with van der Waals surface area (Å²) in [6, 6.07) is 9.89. The number of amides is 1. The Labute approximate surface area is 195 Å². The fourth-order valence-electron chi connectivity index (χ4n) is 4.24. The van der Waals surface area contributed by atoms with Gasteiger partial charge >= 0.3 is 0 Å². The molecule has 1 amide bonds. The van der Waals surface area contributed by atoms with Gasteiger partial charge in [-0.2, -0.15) is 5.10 Å². The molecule has 1 aliphatic heterocycles. The minimum absolute atomic E-state index is 0.0424. The molecule has 0 atom stereocenters. The van der Waals surface area contributed by atoms with Gasteiger partial charge < -0.3 is 14.4 Å². The van der Waals surface area contributed by atoms with Gasteiger partial charge in [-0.3, -0.25) is 4.79 Å². The van der Waals surface area contributed by atoms with E-state index >= 15 is 0 Å². The van der Waals surface area contributed by atoms with Crippen LogP contribution in [-0.2, 0) is 0 Å². The van der Waals surface area contributed by atoms with Crippen molar-refractivity contribution in [3.63, 3.8) is 0 Å². The van der Waals surface area contributed by atoms with Crippen LogP contribution in [-0.4, -0.2) is 51.4 Å². The lowest BCUT2D eigenvalue weighted by Crippen LogP contribution is -2.42. The highest BCUT2D eigenvalue weighted by Gasteiger charge is 2.28. The highest BCUT2D eigenvalue weighted by molar-refractivity contribution is 6.05. The molecule has 0 spiro atoms. The maximum absolute atomic E-state index is 13.6. The van der Waals surface area contributed by atoms with Crippen LogP contribution in [0.1, 0.15) is 75.5 Å². The number of benzene rings is 1. The van der Waals surface area contributed by atoms with Crippen molar-refractivity contribution < 1.29 is 14.3 Å². The number of pyridine rings is 1. The number of hydrogen-bond acceptors (Lipinski definition) is 5. The first kappa shape index (κ1) is 23.1. The van der Waals surface area contributed by atoms with E-state index < -0.39 is 0 Å². The third kappa shape index (κ3) is 4.82. The number of rotatable bonds is 7. The van der Waals surface area contributed by atoms with Crippen LogP contribution in [0.3, 0.4) is 0 Å². The summed E-state index contributed by atoms with van der Waals surface area (Å²) in [5, 5.41) is 5.34. The first-order valence-electron chi connectivity index (χ1n) is 11.9. The number of nitrogens with zero attached hydrogens (tertiary/aromatic N) is 4. The lowest BCUT2D eigenvalue weighted by molar-refractivity contribution is 0.0591. The molecule has 0 radical (unpaired) electrons. The zero-order chi connectivity index (χ0) is 23.5. The van der Waals surface area contributed by atoms with E-state index in [1.54, 1.807) is 6.20 Å². The van der Waals surface area contributed by atoms with E-state index in [2.05, 4.69) is 32.8 Å². The Morgan fingerprint density at radius 1 is 1.12 bits per heavy atom. The first-order chi connectivity index (χ1) is 15.9. The summed E-state index contributed by atoms with van der Waals surface area (Å²) in [6.07, 6.45) is 3.40. The van der Waals surface area contributed by atoms with Crippen LogP contribution in [0.15, 0.2) is 36.5 Å². The predicted octanol–water partition coefficient (Wildman–Crippen LogP) is 5.22. The maximum atomic E-state index is 13.6. The molecule has 7 nitrogen and oxygen atoms in total. The Morgan fingerprint density at radius 2 is 1.82 bits per heavy atom. The van der Waals surface area contributed by atoms with Gasteiger partial charge in [-0.1, -0.05) is 26.0 Å². The molecule has 33 heavy (non-hydrogen) atoms. The van der Waals surface area contributed by atoms with Crippen molar-refractivity contribution in [2.75, 3.05) is 19.7 Å². The van der Waals surface area contributed by atoms with Gasteiger partial charge in [0, 0.05) is 37.7 Å². The number of carbonyl (C=O) groups excluding carboxylic acids is 1. The third-order valence-electron chi connectivity index (χ3n) is 6.07. The second-order valence-corrected chi connectivity index (χ2v) is 9.16. The smallest absolute Gasteiger partial charge is 0.254 e. The molecule has 1 fully saturated rings. The number of likely N-dealkylation sites (tertiary alicyclic amines) is 1.